The Morgan fingerprint density at radius 3 is 1.19 bits per heavy atom. The number of aromatic amines is 3. The summed E-state index contributed by atoms with van der Waals surface area (Å²) in [6.45, 7) is 0. The van der Waals surface area contributed by atoms with Crippen molar-refractivity contribution in [2.75, 3.05) is 0 Å². The third kappa shape index (κ3) is 3.39. The summed E-state index contributed by atoms with van der Waals surface area (Å²) in [5.41, 5.74) is 11.1. The Bertz CT molecular complexity index is 3680. The van der Waals surface area contributed by atoms with E-state index >= 15 is 0 Å². The Labute approximate surface area is 293 Å². The number of fused-ring (bicyclic) bond motifs is 16. The summed E-state index contributed by atoms with van der Waals surface area (Å²) in [6.07, 6.45) is 0.691. The molecule has 8 bridgehead atoms. The number of hydrogen-bond acceptors (Lipinski definition) is 4. The lowest BCUT2D eigenvalue weighted by Gasteiger charge is -2.05. The first-order valence-corrected chi connectivity index (χ1v) is 17.6. The average Bonchev–Trinajstić information content (AvgIpc) is 4.01. The molecule has 12 aromatic rings. The Morgan fingerprint density at radius 2 is 0.712 bits per heavy atom. The first-order valence-electron chi connectivity index (χ1n) is 17.6. The number of nitrogens with one attached hydrogen (secondary N) is 3. The largest absolute Gasteiger partial charge is 0.337 e. The summed E-state index contributed by atoms with van der Waals surface area (Å²) in [4.78, 5) is 33.2. The van der Waals surface area contributed by atoms with Gasteiger partial charge in [0.2, 0.25) is 0 Å². The van der Waals surface area contributed by atoms with Crippen molar-refractivity contribution in [1.82, 2.24) is 34.9 Å². The smallest absolute Gasteiger partial charge is 0.140 e. The topological polar surface area (TPSA) is 98.9 Å². The molecular formula is C45H25N7. The van der Waals surface area contributed by atoms with E-state index in [0.717, 1.165) is 121 Å². The zero-order valence-corrected chi connectivity index (χ0v) is 27.5. The molecule has 0 unspecified atom stereocenters. The van der Waals surface area contributed by atoms with Gasteiger partial charge in [-0.3, -0.25) is 4.98 Å². The van der Waals surface area contributed by atoms with Crippen molar-refractivity contribution in [1.29, 1.82) is 0 Å². The maximum atomic E-state index is 5.51. The number of benzene rings is 8. The van der Waals surface area contributed by atoms with Crippen molar-refractivity contribution < 1.29 is 0 Å². The van der Waals surface area contributed by atoms with Crippen LogP contribution in [0.25, 0.3) is 120 Å². The van der Waals surface area contributed by atoms with E-state index in [0.29, 0.717) is 6.42 Å². The molecule has 3 N–H and O–H groups in total. The summed E-state index contributed by atoms with van der Waals surface area (Å²) in [7, 11) is 0. The molecule has 1 aliphatic rings. The predicted molar refractivity (Wildman–Crippen MR) is 214 cm³/mol. The van der Waals surface area contributed by atoms with Crippen LogP contribution in [0.3, 0.4) is 0 Å². The second-order valence-corrected chi connectivity index (χ2v) is 14.1. The highest BCUT2D eigenvalue weighted by atomic mass is 15.0. The summed E-state index contributed by atoms with van der Waals surface area (Å²) in [5, 5.41) is 13.0. The molecule has 240 valence electrons. The minimum absolute atomic E-state index is 0.691. The number of imidazole rings is 3. The van der Waals surface area contributed by atoms with Crippen LogP contribution in [0.5, 0.6) is 0 Å². The summed E-state index contributed by atoms with van der Waals surface area (Å²) in [5.74, 6) is 0. The second kappa shape index (κ2) is 9.35. The van der Waals surface area contributed by atoms with Gasteiger partial charge in [-0.1, -0.05) is 97.1 Å². The molecule has 0 saturated carbocycles. The van der Waals surface area contributed by atoms with Gasteiger partial charge in [-0.25, -0.2) is 15.0 Å². The molecule has 0 spiro atoms. The lowest BCUT2D eigenvalue weighted by Crippen LogP contribution is -1.87. The van der Waals surface area contributed by atoms with E-state index in [1.807, 2.05) is 0 Å². The average molecular weight is 664 g/mol. The van der Waals surface area contributed by atoms with E-state index in [9.17, 15) is 0 Å². The first-order chi connectivity index (χ1) is 25.7. The summed E-state index contributed by atoms with van der Waals surface area (Å²) in [6, 6.07) is 43.1. The van der Waals surface area contributed by atoms with E-state index in [1.54, 1.807) is 0 Å². The van der Waals surface area contributed by atoms with Gasteiger partial charge < -0.3 is 15.0 Å². The molecule has 0 amide bonds. The molecule has 0 radical (unpaired) electrons. The van der Waals surface area contributed by atoms with Gasteiger partial charge in [0.15, 0.2) is 0 Å². The Balaban J connectivity index is 1.36. The highest BCUT2D eigenvalue weighted by Crippen LogP contribution is 2.40. The SMILES string of the molecule is c1ccc2c3c4nc(c5cc6ccccc6c6[nH]c(nc56)c5cc6ccccc6c6[nH]c(nc56)c5cc6ccccc6c6[nH]c(nc56)c4cc2c1)C3. The maximum Gasteiger partial charge on any atom is 0.140 e. The van der Waals surface area contributed by atoms with E-state index < -0.39 is 0 Å². The zero-order valence-electron chi connectivity index (χ0n) is 27.5. The molecule has 13 rings (SSSR count). The lowest BCUT2D eigenvalue weighted by molar-refractivity contribution is 1.23. The number of H-pyrrole nitrogens is 3. The third-order valence-corrected chi connectivity index (χ3v) is 11.3. The minimum atomic E-state index is 0.691. The van der Waals surface area contributed by atoms with Crippen molar-refractivity contribution in [2.45, 2.75) is 6.42 Å². The number of nitrogens with zero attached hydrogens (tertiary/aromatic N) is 4. The lowest BCUT2D eigenvalue weighted by atomic mass is 9.98. The molecule has 0 saturated heterocycles. The Morgan fingerprint density at radius 1 is 0.346 bits per heavy atom. The molecule has 7 heteroatoms. The molecule has 7 nitrogen and oxygen atoms in total. The Kier molecular flexibility index (Phi) is 4.80. The molecule has 0 fully saturated rings. The van der Waals surface area contributed by atoms with Crippen LogP contribution in [0.4, 0.5) is 0 Å². The number of hydrogen-bond donors (Lipinski definition) is 3. The first kappa shape index (κ1) is 26.7. The van der Waals surface area contributed by atoms with E-state index in [-0.39, 0.29) is 0 Å². The van der Waals surface area contributed by atoms with Crippen LogP contribution in [0.15, 0.2) is 121 Å². The fraction of sp³-hybridized carbons (Fsp3) is 0.0222. The van der Waals surface area contributed by atoms with Crippen LogP contribution in [0.2, 0.25) is 0 Å². The molecule has 1 aliphatic heterocycles. The molecule has 0 aliphatic carbocycles. The van der Waals surface area contributed by atoms with E-state index in [1.165, 1.54) is 10.9 Å². The molecule has 5 heterocycles. The standard InChI is InChI=1S/C45H25N7/c1-5-13-26-22(9-1)18-32-36-30(26)21-35(46-36)31-17-23-10-2-6-14-27(23)37-40(31)50-44(47-37)33-19-24-11-4-8-16-29(24)39-42(33)52-45(49-39)34-20-25-12-3-7-15-28(25)38-41(34)51-43(32)48-38/h1-20H,21H2,(H,47,50)(H,48,51)(H,49,52). The third-order valence-electron chi connectivity index (χ3n) is 11.3. The summed E-state index contributed by atoms with van der Waals surface area (Å²) >= 11 is 0. The van der Waals surface area contributed by atoms with Crippen LogP contribution >= 0.6 is 0 Å². The Hall–Kier alpha value is -7.12. The van der Waals surface area contributed by atoms with Crippen molar-refractivity contribution in [3.63, 3.8) is 0 Å². The zero-order chi connectivity index (χ0) is 33.7. The fourth-order valence-corrected chi connectivity index (χ4v) is 8.87. The van der Waals surface area contributed by atoms with Crippen LogP contribution in [-0.2, 0) is 6.42 Å². The van der Waals surface area contributed by atoms with Gasteiger partial charge >= 0.3 is 0 Å². The second-order valence-electron chi connectivity index (χ2n) is 14.1. The van der Waals surface area contributed by atoms with Gasteiger partial charge in [-0.05, 0) is 56.8 Å². The van der Waals surface area contributed by atoms with Crippen LogP contribution in [0, 0.1) is 0 Å². The normalized spacial score (nSPS) is 12.9. The van der Waals surface area contributed by atoms with Gasteiger partial charge in [-0.2, -0.15) is 0 Å². The predicted octanol–water partition coefficient (Wildman–Crippen LogP) is 11.0. The summed E-state index contributed by atoms with van der Waals surface area (Å²) < 4.78 is 0. The van der Waals surface area contributed by atoms with Crippen molar-refractivity contribution in [3.05, 3.63) is 133 Å². The monoisotopic (exact) mass is 663 g/mol. The number of aromatic nitrogens is 7. The highest BCUT2D eigenvalue weighted by molar-refractivity contribution is 6.22. The van der Waals surface area contributed by atoms with Crippen molar-refractivity contribution in [3.8, 4) is 0 Å². The highest BCUT2D eigenvalue weighted by Gasteiger charge is 2.22. The maximum absolute atomic E-state index is 5.51. The van der Waals surface area contributed by atoms with Gasteiger partial charge in [0.05, 0.1) is 33.3 Å². The molecule has 4 aromatic heterocycles. The molecule has 0 atom stereocenters. The van der Waals surface area contributed by atoms with Gasteiger partial charge in [0, 0.05) is 44.1 Å². The molecular weight excluding hydrogens is 639 g/mol. The van der Waals surface area contributed by atoms with Crippen LogP contribution in [0.1, 0.15) is 11.3 Å². The van der Waals surface area contributed by atoms with Gasteiger partial charge in [-0.15, -0.1) is 0 Å². The van der Waals surface area contributed by atoms with Crippen molar-refractivity contribution >= 4 is 120 Å². The van der Waals surface area contributed by atoms with Crippen molar-refractivity contribution in [2.24, 2.45) is 0 Å². The van der Waals surface area contributed by atoms with Crippen LogP contribution in [-0.4, -0.2) is 34.9 Å². The van der Waals surface area contributed by atoms with Gasteiger partial charge in [0.25, 0.3) is 0 Å². The number of rotatable bonds is 0. The molecule has 8 aromatic carbocycles. The molecule has 52 heavy (non-hydrogen) atoms. The van der Waals surface area contributed by atoms with E-state index in [2.05, 4.69) is 136 Å². The minimum Gasteiger partial charge on any atom is -0.337 e. The van der Waals surface area contributed by atoms with Crippen LogP contribution < -0.4 is 0 Å². The fourth-order valence-electron chi connectivity index (χ4n) is 8.87. The quantitative estimate of drug-likeness (QED) is 0.150. The van der Waals surface area contributed by atoms with E-state index in [4.69, 9.17) is 19.9 Å². The van der Waals surface area contributed by atoms with Gasteiger partial charge in [0.1, 0.15) is 28.0 Å².